The first kappa shape index (κ1) is 19.1. The zero-order chi connectivity index (χ0) is 20.2. The molecule has 4 aromatic rings. The molecule has 29 heavy (non-hydrogen) atoms. The van der Waals surface area contributed by atoms with Gasteiger partial charge in [0, 0.05) is 16.5 Å². The number of nitrogens with one attached hydrogen (secondary N) is 1. The second-order valence-corrected chi connectivity index (χ2v) is 7.85. The number of carbonyl (C=O) groups excluding carboxylic acids is 1. The standard InChI is InChI=1S/C21H17N3O3S2/c1-26-16-9-8-14(10-17(16)27-2)15-12-28-21(23-15)24-19(25)18-11-22-20(29-18)13-6-4-3-5-7-13/h3-12H,1-2H3,(H,23,24,25). The summed E-state index contributed by atoms with van der Waals surface area (Å²) in [6.07, 6.45) is 1.59. The number of hydrogen-bond acceptors (Lipinski definition) is 7. The Bertz CT molecular complexity index is 1140. The first-order valence-corrected chi connectivity index (χ1v) is 10.4. The first-order valence-electron chi connectivity index (χ1n) is 8.68. The maximum absolute atomic E-state index is 12.6. The second-order valence-electron chi connectivity index (χ2n) is 5.96. The third-order valence-corrected chi connectivity index (χ3v) is 5.96. The van der Waals surface area contributed by atoms with Gasteiger partial charge < -0.3 is 9.47 Å². The predicted molar refractivity (Wildman–Crippen MR) is 116 cm³/mol. The van der Waals surface area contributed by atoms with Crippen LogP contribution in [-0.4, -0.2) is 30.1 Å². The van der Waals surface area contributed by atoms with Gasteiger partial charge in [0.1, 0.15) is 9.88 Å². The molecule has 0 saturated heterocycles. The highest BCUT2D eigenvalue weighted by Crippen LogP contribution is 2.33. The molecule has 0 spiro atoms. The fraction of sp³-hybridized carbons (Fsp3) is 0.0952. The van der Waals surface area contributed by atoms with Crippen LogP contribution in [0.25, 0.3) is 21.8 Å². The van der Waals surface area contributed by atoms with E-state index in [1.165, 1.54) is 22.7 Å². The Labute approximate surface area is 175 Å². The zero-order valence-corrected chi connectivity index (χ0v) is 17.3. The number of methoxy groups -OCH3 is 2. The van der Waals surface area contributed by atoms with E-state index in [1.54, 1.807) is 20.4 Å². The summed E-state index contributed by atoms with van der Waals surface area (Å²) in [6.45, 7) is 0. The summed E-state index contributed by atoms with van der Waals surface area (Å²) in [7, 11) is 3.18. The lowest BCUT2D eigenvalue weighted by Crippen LogP contribution is -2.09. The molecule has 146 valence electrons. The van der Waals surface area contributed by atoms with Crippen LogP contribution in [0.1, 0.15) is 9.67 Å². The smallest absolute Gasteiger partial charge is 0.269 e. The number of ether oxygens (including phenoxy) is 2. The molecule has 0 aliphatic rings. The van der Waals surface area contributed by atoms with Gasteiger partial charge in [-0.2, -0.15) is 0 Å². The third-order valence-electron chi connectivity index (χ3n) is 4.15. The monoisotopic (exact) mass is 423 g/mol. The van der Waals surface area contributed by atoms with Gasteiger partial charge in [-0.25, -0.2) is 9.97 Å². The van der Waals surface area contributed by atoms with Crippen molar-refractivity contribution in [2.24, 2.45) is 0 Å². The maximum atomic E-state index is 12.6. The number of hydrogen-bond donors (Lipinski definition) is 1. The second kappa shape index (κ2) is 8.42. The van der Waals surface area contributed by atoms with Gasteiger partial charge in [-0.3, -0.25) is 10.1 Å². The van der Waals surface area contributed by atoms with Crippen molar-refractivity contribution in [1.29, 1.82) is 0 Å². The number of nitrogens with zero attached hydrogens (tertiary/aromatic N) is 2. The molecule has 0 aliphatic heterocycles. The van der Waals surface area contributed by atoms with Crippen LogP contribution in [0.5, 0.6) is 11.5 Å². The highest BCUT2D eigenvalue weighted by atomic mass is 32.1. The van der Waals surface area contributed by atoms with Gasteiger partial charge in [0.25, 0.3) is 5.91 Å². The lowest BCUT2D eigenvalue weighted by molar-refractivity contribution is 0.103. The largest absolute Gasteiger partial charge is 0.493 e. The molecule has 2 aromatic carbocycles. The van der Waals surface area contributed by atoms with Gasteiger partial charge >= 0.3 is 0 Å². The normalized spacial score (nSPS) is 10.6. The van der Waals surface area contributed by atoms with Crippen molar-refractivity contribution in [2.45, 2.75) is 0 Å². The molecule has 1 N–H and O–H groups in total. The number of aromatic nitrogens is 2. The number of benzene rings is 2. The van der Waals surface area contributed by atoms with Crippen LogP contribution in [0.3, 0.4) is 0 Å². The van der Waals surface area contributed by atoms with Crippen LogP contribution in [0, 0.1) is 0 Å². The van der Waals surface area contributed by atoms with E-state index in [2.05, 4.69) is 15.3 Å². The molecule has 0 fully saturated rings. The minimum Gasteiger partial charge on any atom is -0.493 e. The zero-order valence-electron chi connectivity index (χ0n) is 15.7. The average molecular weight is 424 g/mol. The molecule has 8 heteroatoms. The van der Waals surface area contributed by atoms with Gasteiger partial charge in [0.2, 0.25) is 0 Å². The van der Waals surface area contributed by atoms with E-state index in [-0.39, 0.29) is 5.91 Å². The van der Waals surface area contributed by atoms with Crippen molar-refractivity contribution in [3.05, 3.63) is 65.0 Å². The van der Waals surface area contributed by atoms with Crippen molar-refractivity contribution in [1.82, 2.24) is 9.97 Å². The molecular formula is C21H17N3O3S2. The molecule has 2 aromatic heterocycles. The number of carbonyl (C=O) groups is 1. The molecular weight excluding hydrogens is 406 g/mol. The number of thiazole rings is 2. The topological polar surface area (TPSA) is 73.3 Å². The van der Waals surface area contributed by atoms with Crippen LogP contribution >= 0.6 is 22.7 Å². The van der Waals surface area contributed by atoms with Crippen LogP contribution in [0.15, 0.2) is 60.1 Å². The van der Waals surface area contributed by atoms with E-state index in [0.29, 0.717) is 21.5 Å². The van der Waals surface area contributed by atoms with Gasteiger partial charge in [0.05, 0.1) is 26.1 Å². The van der Waals surface area contributed by atoms with Crippen LogP contribution in [-0.2, 0) is 0 Å². The molecule has 0 radical (unpaired) electrons. The molecule has 0 saturated carbocycles. The van der Waals surface area contributed by atoms with E-state index in [9.17, 15) is 4.79 Å². The summed E-state index contributed by atoms with van der Waals surface area (Å²) in [5, 5.41) is 6.06. The number of rotatable bonds is 6. The molecule has 4 rings (SSSR count). The lowest BCUT2D eigenvalue weighted by Gasteiger charge is -2.08. The molecule has 0 unspecified atom stereocenters. The third kappa shape index (κ3) is 4.13. The van der Waals surface area contributed by atoms with Crippen molar-refractivity contribution >= 4 is 33.7 Å². The Morgan fingerprint density at radius 3 is 2.55 bits per heavy atom. The van der Waals surface area contributed by atoms with Gasteiger partial charge in [-0.1, -0.05) is 30.3 Å². The van der Waals surface area contributed by atoms with Gasteiger partial charge in [-0.15, -0.1) is 22.7 Å². The molecule has 0 bridgehead atoms. The summed E-state index contributed by atoms with van der Waals surface area (Å²) in [5.74, 6) is 1.05. The minimum atomic E-state index is -0.224. The van der Waals surface area contributed by atoms with Crippen LogP contribution in [0.2, 0.25) is 0 Å². The maximum Gasteiger partial charge on any atom is 0.269 e. The summed E-state index contributed by atoms with van der Waals surface area (Å²) in [6, 6.07) is 15.4. The Morgan fingerprint density at radius 2 is 1.79 bits per heavy atom. The quantitative estimate of drug-likeness (QED) is 0.461. The first-order chi connectivity index (χ1) is 14.2. The van der Waals surface area contributed by atoms with Crippen molar-refractivity contribution in [3.63, 3.8) is 0 Å². The molecule has 2 heterocycles. The van der Waals surface area contributed by atoms with E-state index in [0.717, 1.165) is 21.8 Å². The van der Waals surface area contributed by atoms with Crippen molar-refractivity contribution in [2.75, 3.05) is 19.5 Å². The van der Waals surface area contributed by atoms with E-state index in [4.69, 9.17) is 9.47 Å². The van der Waals surface area contributed by atoms with Crippen molar-refractivity contribution in [3.8, 4) is 33.3 Å². The highest BCUT2D eigenvalue weighted by Gasteiger charge is 2.15. The highest BCUT2D eigenvalue weighted by molar-refractivity contribution is 7.17. The van der Waals surface area contributed by atoms with Crippen molar-refractivity contribution < 1.29 is 14.3 Å². The summed E-state index contributed by atoms with van der Waals surface area (Å²) < 4.78 is 10.6. The Morgan fingerprint density at radius 1 is 1.00 bits per heavy atom. The number of anilines is 1. The lowest BCUT2D eigenvalue weighted by atomic mass is 10.1. The summed E-state index contributed by atoms with van der Waals surface area (Å²) >= 11 is 2.71. The molecule has 1 amide bonds. The van der Waals surface area contributed by atoms with E-state index in [1.807, 2.05) is 53.9 Å². The number of amides is 1. The minimum absolute atomic E-state index is 0.224. The van der Waals surface area contributed by atoms with Gasteiger partial charge in [-0.05, 0) is 18.2 Å². The average Bonchev–Trinajstić information content (AvgIpc) is 3.44. The fourth-order valence-electron chi connectivity index (χ4n) is 2.71. The fourth-order valence-corrected chi connectivity index (χ4v) is 4.24. The Kier molecular flexibility index (Phi) is 5.55. The Hall–Kier alpha value is -3.23. The summed E-state index contributed by atoms with van der Waals surface area (Å²) in [5.41, 5.74) is 2.62. The van der Waals surface area contributed by atoms with Crippen LogP contribution in [0.4, 0.5) is 5.13 Å². The molecule has 0 atom stereocenters. The van der Waals surface area contributed by atoms with Crippen LogP contribution < -0.4 is 14.8 Å². The molecule has 6 nitrogen and oxygen atoms in total. The molecule has 0 aliphatic carbocycles. The summed E-state index contributed by atoms with van der Waals surface area (Å²) in [4.78, 5) is 22.0. The SMILES string of the molecule is COc1ccc(-c2csc(NC(=O)c3cnc(-c4ccccc4)s3)n2)cc1OC. The van der Waals surface area contributed by atoms with E-state index < -0.39 is 0 Å². The van der Waals surface area contributed by atoms with E-state index >= 15 is 0 Å². The predicted octanol–water partition coefficient (Wildman–Crippen LogP) is 5.20. The van der Waals surface area contributed by atoms with Gasteiger partial charge in [0.15, 0.2) is 16.6 Å². The Balaban J connectivity index is 1.49.